The molecule has 0 fully saturated rings. The zero-order chi connectivity index (χ0) is 31.4. The molecule has 0 aromatic heterocycles. The largest absolute Gasteiger partial charge is 0.492 e. The number of amides is 2. The van der Waals surface area contributed by atoms with Gasteiger partial charge < -0.3 is 15.0 Å². The molecule has 2 atom stereocenters. The molecular weight excluding hydrogens is 583 g/mol. The highest BCUT2D eigenvalue weighted by atomic mass is 32.2. The van der Waals surface area contributed by atoms with Gasteiger partial charge in [0.15, 0.2) is 0 Å². The number of carbonyl (C=O) groups is 2. The summed E-state index contributed by atoms with van der Waals surface area (Å²) in [4.78, 5) is 30.2. The smallest absolute Gasteiger partial charge is 0.264 e. The second kappa shape index (κ2) is 16.4. The van der Waals surface area contributed by atoms with E-state index in [0.29, 0.717) is 25.2 Å². The van der Waals surface area contributed by atoms with Gasteiger partial charge in [0.2, 0.25) is 11.8 Å². The van der Waals surface area contributed by atoms with Crippen molar-refractivity contribution in [3.05, 3.63) is 84.4 Å². The van der Waals surface area contributed by atoms with Crippen molar-refractivity contribution >= 4 is 39.3 Å². The van der Waals surface area contributed by atoms with Crippen LogP contribution in [0.2, 0.25) is 0 Å². The maximum atomic E-state index is 14.3. The molecule has 0 aliphatic heterocycles. The van der Waals surface area contributed by atoms with Crippen LogP contribution in [-0.4, -0.2) is 63.2 Å². The van der Waals surface area contributed by atoms with E-state index in [2.05, 4.69) is 5.32 Å². The van der Waals surface area contributed by atoms with E-state index < -0.39 is 28.5 Å². The molecule has 0 saturated carbocycles. The Hall–Kier alpha value is -3.50. The lowest BCUT2D eigenvalue weighted by Gasteiger charge is -2.34. The molecule has 0 unspecified atom stereocenters. The highest BCUT2D eigenvalue weighted by Crippen LogP contribution is 2.33. The molecule has 0 radical (unpaired) electrons. The second-order valence-corrected chi connectivity index (χ2v) is 12.9. The van der Waals surface area contributed by atoms with Gasteiger partial charge in [0, 0.05) is 17.5 Å². The number of nitrogens with one attached hydrogen (secondary N) is 1. The first kappa shape index (κ1) is 34.0. The molecule has 0 bridgehead atoms. The van der Waals surface area contributed by atoms with Gasteiger partial charge in [-0.25, -0.2) is 8.42 Å². The number of anilines is 1. The standard InChI is InChI=1S/C33H43N3O5S2/c1-6-25(4)34-33(38)29(7-2)35(23-22-26-14-10-9-11-15-26)32(37)24-36(30-16-12-13-17-31(30)41-8-3)43(39,40)28-20-18-27(42-5)19-21-28/h9-21,25,29H,6-8,22-24H2,1-5H3,(H,34,38)/t25-,29-/m0/s1. The summed E-state index contributed by atoms with van der Waals surface area (Å²) in [7, 11) is -4.20. The van der Waals surface area contributed by atoms with Crippen molar-refractivity contribution in [2.45, 2.75) is 68.8 Å². The summed E-state index contributed by atoms with van der Waals surface area (Å²) >= 11 is 1.51. The fraction of sp³-hybridized carbons (Fsp3) is 0.394. The van der Waals surface area contributed by atoms with Crippen molar-refractivity contribution in [1.29, 1.82) is 0 Å². The minimum absolute atomic E-state index is 0.0572. The van der Waals surface area contributed by atoms with Crippen molar-refractivity contribution in [3.8, 4) is 5.75 Å². The Morgan fingerprint density at radius 2 is 1.56 bits per heavy atom. The van der Waals surface area contributed by atoms with Crippen LogP contribution in [0.15, 0.2) is 88.7 Å². The van der Waals surface area contributed by atoms with Gasteiger partial charge in [-0.3, -0.25) is 13.9 Å². The number of nitrogens with zero attached hydrogens (tertiary/aromatic N) is 2. The lowest BCUT2D eigenvalue weighted by Crippen LogP contribution is -2.54. The van der Waals surface area contributed by atoms with Crippen LogP contribution in [0.25, 0.3) is 0 Å². The van der Waals surface area contributed by atoms with E-state index in [9.17, 15) is 18.0 Å². The zero-order valence-corrected chi connectivity index (χ0v) is 27.3. The third-order valence-corrected chi connectivity index (χ3v) is 9.75. The summed E-state index contributed by atoms with van der Waals surface area (Å²) in [5.41, 5.74) is 1.27. The fourth-order valence-corrected chi connectivity index (χ4v) is 6.50. The first-order valence-electron chi connectivity index (χ1n) is 14.7. The maximum absolute atomic E-state index is 14.3. The summed E-state index contributed by atoms with van der Waals surface area (Å²) in [6.45, 7) is 7.64. The number of hydrogen-bond donors (Lipinski definition) is 1. The number of thioether (sulfide) groups is 1. The Morgan fingerprint density at radius 3 is 2.16 bits per heavy atom. The molecule has 10 heteroatoms. The number of benzene rings is 3. The molecule has 43 heavy (non-hydrogen) atoms. The van der Waals surface area contributed by atoms with Crippen LogP contribution in [-0.2, 0) is 26.0 Å². The number of sulfonamides is 1. The highest BCUT2D eigenvalue weighted by Gasteiger charge is 2.34. The van der Waals surface area contributed by atoms with E-state index >= 15 is 0 Å². The Kier molecular flexibility index (Phi) is 12.9. The summed E-state index contributed by atoms with van der Waals surface area (Å²) in [5.74, 6) is -0.382. The van der Waals surface area contributed by atoms with E-state index in [0.717, 1.165) is 21.2 Å². The zero-order valence-electron chi connectivity index (χ0n) is 25.7. The summed E-state index contributed by atoms with van der Waals surface area (Å²) in [6.07, 6.45) is 3.55. The van der Waals surface area contributed by atoms with Crippen molar-refractivity contribution in [1.82, 2.24) is 10.2 Å². The van der Waals surface area contributed by atoms with Gasteiger partial charge in [-0.1, -0.05) is 56.3 Å². The summed E-state index contributed by atoms with van der Waals surface area (Å²) in [6, 6.07) is 22.2. The molecule has 2 amide bonds. The first-order chi connectivity index (χ1) is 20.7. The topological polar surface area (TPSA) is 96.0 Å². The molecule has 3 aromatic carbocycles. The fourth-order valence-electron chi connectivity index (χ4n) is 4.67. The third-order valence-electron chi connectivity index (χ3n) is 7.23. The number of para-hydroxylation sites is 2. The second-order valence-electron chi connectivity index (χ2n) is 10.2. The number of carbonyl (C=O) groups excluding carboxylic acids is 2. The molecule has 232 valence electrons. The molecule has 1 N–H and O–H groups in total. The van der Waals surface area contributed by atoms with Crippen LogP contribution in [0.5, 0.6) is 5.75 Å². The van der Waals surface area contributed by atoms with E-state index in [1.165, 1.54) is 16.7 Å². The van der Waals surface area contributed by atoms with Gasteiger partial charge in [-0.05, 0) is 81.3 Å². The Balaban J connectivity index is 2.06. The molecule has 8 nitrogen and oxygen atoms in total. The number of ether oxygens (including phenoxy) is 1. The van der Waals surface area contributed by atoms with Crippen LogP contribution in [0.4, 0.5) is 5.69 Å². The third kappa shape index (κ3) is 9.00. The van der Waals surface area contributed by atoms with Crippen molar-refractivity contribution in [2.75, 3.05) is 30.3 Å². The van der Waals surface area contributed by atoms with Gasteiger partial charge in [0.05, 0.1) is 17.2 Å². The van der Waals surface area contributed by atoms with Gasteiger partial charge >= 0.3 is 0 Å². The quantitative estimate of drug-likeness (QED) is 0.203. The maximum Gasteiger partial charge on any atom is 0.264 e. The predicted octanol–water partition coefficient (Wildman–Crippen LogP) is 5.77. The molecule has 0 spiro atoms. The van der Waals surface area contributed by atoms with Gasteiger partial charge in [-0.15, -0.1) is 11.8 Å². The van der Waals surface area contributed by atoms with Gasteiger partial charge in [0.25, 0.3) is 10.0 Å². The molecule has 3 aromatic rings. The average molecular weight is 626 g/mol. The van der Waals surface area contributed by atoms with E-state index in [-0.39, 0.29) is 29.1 Å². The van der Waals surface area contributed by atoms with Crippen molar-refractivity contribution < 1.29 is 22.7 Å². The predicted molar refractivity (Wildman–Crippen MR) is 174 cm³/mol. The Bertz CT molecular complexity index is 1430. The average Bonchev–Trinajstić information content (AvgIpc) is 3.02. The molecule has 0 aliphatic carbocycles. The van der Waals surface area contributed by atoms with E-state index in [1.54, 1.807) is 48.5 Å². The van der Waals surface area contributed by atoms with E-state index in [4.69, 9.17) is 4.74 Å². The van der Waals surface area contributed by atoms with E-state index in [1.807, 2.05) is 64.3 Å². The minimum Gasteiger partial charge on any atom is -0.492 e. The lowest BCUT2D eigenvalue weighted by atomic mass is 10.1. The monoisotopic (exact) mass is 625 g/mol. The number of hydrogen-bond acceptors (Lipinski definition) is 6. The van der Waals surface area contributed by atoms with Crippen LogP contribution >= 0.6 is 11.8 Å². The number of rotatable bonds is 16. The molecular formula is C33H43N3O5S2. The SMILES string of the molecule is CCOc1ccccc1N(CC(=O)N(CCc1ccccc1)[C@@H](CC)C(=O)N[C@@H](C)CC)S(=O)(=O)c1ccc(SC)cc1. The van der Waals surface area contributed by atoms with Crippen LogP contribution in [0.1, 0.15) is 46.1 Å². The normalized spacial score (nSPS) is 12.7. The molecule has 0 saturated heterocycles. The molecule has 0 aliphatic rings. The lowest BCUT2D eigenvalue weighted by molar-refractivity contribution is -0.139. The van der Waals surface area contributed by atoms with Gasteiger partial charge in [0.1, 0.15) is 18.3 Å². The highest BCUT2D eigenvalue weighted by molar-refractivity contribution is 7.98. The van der Waals surface area contributed by atoms with Crippen LogP contribution in [0.3, 0.4) is 0 Å². The summed E-state index contributed by atoms with van der Waals surface area (Å²) < 4.78 is 35.3. The molecule has 3 rings (SSSR count). The van der Waals surface area contributed by atoms with Crippen molar-refractivity contribution in [2.24, 2.45) is 0 Å². The summed E-state index contributed by atoms with van der Waals surface area (Å²) in [5, 5.41) is 3.01. The minimum atomic E-state index is -4.20. The molecule has 0 heterocycles. The van der Waals surface area contributed by atoms with Crippen molar-refractivity contribution in [3.63, 3.8) is 0 Å². The van der Waals surface area contributed by atoms with Crippen LogP contribution in [0, 0.1) is 0 Å². The van der Waals surface area contributed by atoms with Crippen LogP contribution < -0.4 is 14.4 Å². The van der Waals surface area contributed by atoms with Gasteiger partial charge in [-0.2, -0.15) is 0 Å². The first-order valence-corrected chi connectivity index (χ1v) is 17.3. The Labute approximate surface area is 260 Å². The Morgan fingerprint density at radius 1 is 0.907 bits per heavy atom.